The highest BCUT2D eigenvalue weighted by molar-refractivity contribution is 7.25. The van der Waals surface area contributed by atoms with Crippen LogP contribution >= 0.6 is 11.3 Å². The minimum absolute atomic E-state index is 0.615. The van der Waals surface area contributed by atoms with Crippen molar-refractivity contribution in [1.82, 2.24) is 4.57 Å². The van der Waals surface area contributed by atoms with Gasteiger partial charge in [-0.25, -0.2) is 0 Å². The summed E-state index contributed by atoms with van der Waals surface area (Å²) in [6.45, 7) is 0. The molecule has 3 nitrogen and oxygen atoms in total. The minimum Gasteiger partial charge on any atom is -0.309 e. The van der Waals surface area contributed by atoms with Gasteiger partial charge >= 0.3 is 0 Å². The molecule has 6 rings (SSSR count). The minimum atomic E-state index is 0.615. The Morgan fingerprint density at radius 1 is 0.600 bits per heavy atom. The second kappa shape index (κ2) is 6.19. The molecule has 0 atom stereocenters. The van der Waals surface area contributed by atoms with Gasteiger partial charge in [0, 0.05) is 36.6 Å². The third-order valence-electron chi connectivity index (χ3n) is 5.64. The highest BCUT2D eigenvalue weighted by Crippen LogP contribution is 2.38. The monoisotopic (exact) mass is 399 g/mol. The number of aromatic nitrogens is 1. The van der Waals surface area contributed by atoms with Crippen LogP contribution < -0.4 is 0 Å². The first-order valence-electron chi connectivity index (χ1n) is 9.57. The van der Waals surface area contributed by atoms with Gasteiger partial charge < -0.3 is 4.57 Å². The van der Waals surface area contributed by atoms with E-state index in [2.05, 4.69) is 59.2 Å². The molecule has 0 amide bonds. The van der Waals surface area contributed by atoms with Gasteiger partial charge in [0.2, 0.25) is 0 Å². The first-order chi connectivity index (χ1) is 14.8. The average Bonchev–Trinajstić information content (AvgIpc) is 3.33. The molecule has 4 aromatic carbocycles. The first-order valence-corrected chi connectivity index (χ1v) is 10.4. The molecule has 6 aromatic rings. The third-order valence-corrected chi connectivity index (χ3v) is 6.78. The Kier molecular flexibility index (Phi) is 3.47. The number of thiophene rings is 1. The first kappa shape index (κ1) is 16.8. The number of fused-ring (bicyclic) bond motifs is 6. The zero-order valence-corrected chi connectivity index (χ0v) is 16.6. The van der Waals surface area contributed by atoms with Crippen molar-refractivity contribution in [2.45, 2.75) is 0 Å². The third kappa shape index (κ3) is 2.29. The largest absolute Gasteiger partial charge is 0.309 e. The molecule has 0 aliphatic rings. The van der Waals surface area contributed by atoms with Crippen molar-refractivity contribution in [3.8, 4) is 17.8 Å². The summed E-state index contributed by atoms with van der Waals surface area (Å²) in [5, 5.41) is 23.3. The van der Waals surface area contributed by atoms with E-state index >= 15 is 0 Å². The topological polar surface area (TPSA) is 52.5 Å². The summed E-state index contributed by atoms with van der Waals surface area (Å²) in [4.78, 5) is 0. The summed E-state index contributed by atoms with van der Waals surface area (Å²) in [6, 6.07) is 31.0. The summed E-state index contributed by atoms with van der Waals surface area (Å²) < 4.78 is 4.74. The van der Waals surface area contributed by atoms with Crippen LogP contribution in [0.2, 0.25) is 0 Å². The fourth-order valence-corrected chi connectivity index (χ4v) is 5.43. The van der Waals surface area contributed by atoms with Crippen LogP contribution in [0.3, 0.4) is 0 Å². The number of nitriles is 2. The molecule has 0 aliphatic heterocycles. The van der Waals surface area contributed by atoms with Gasteiger partial charge in [0.1, 0.15) is 0 Å². The van der Waals surface area contributed by atoms with Gasteiger partial charge in [-0.15, -0.1) is 11.3 Å². The molecule has 138 valence electrons. The Morgan fingerprint density at radius 3 is 1.90 bits per heavy atom. The standard InChI is InChI=1S/C26H13N3S/c27-14-16-5-9-23-21(11-16)22-12-17(15-28)6-10-24(22)29(23)18-7-8-20-19-3-1-2-4-25(19)30-26(20)13-18/h1-13H. The lowest BCUT2D eigenvalue weighted by Crippen LogP contribution is -1.93. The van der Waals surface area contributed by atoms with Crippen LogP contribution in [0.15, 0.2) is 78.9 Å². The van der Waals surface area contributed by atoms with E-state index in [1.165, 1.54) is 20.2 Å². The van der Waals surface area contributed by atoms with Crippen molar-refractivity contribution in [2.75, 3.05) is 0 Å². The molecule has 0 N–H and O–H groups in total. The number of benzene rings is 4. The molecule has 0 saturated heterocycles. The average molecular weight is 399 g/mol. The number of hydrogen-bond acceptors (Lipinski definition) is 3. The fourth-order valence-electron chi connectivity index (χ4n) is 4.29. The summed E-state index contributed by atoms with van der Waals surface area (Å²) in [6.07, 6.45) is 0. The Hall–Kier alpha value is -4.12. The molecule has 2 aromatic heterocycles. The van der Waals surface area contributed by atoms with Crippen LogP contribution in [-0.4, -0.2) is 4.57 Å². The summed E-state index contributed by atoms with van der Waals surface area (Å²) in [7, 11) is 0. The Labute approximate surface area is 176 Å². The van der Waals surface area contributed by atoms with Gasteiger partial charge in [0.05, 0.1) is 34.3 Å². The highest BCUT2D eigenvalue weighted by Gasteiger charge is 2.15. The van der Waals surface area contributed by atoms with Gasteiger partial charge in [-0.2, -0.15) is 10.5 Å². The molecular weight excluding hydrogens is 386 g/mol. The lowest BCUT2D eigenvalue weighted by molar-refractivity contribution is 1.19. The highest BCUT2D eigenvalue weighted by atomic mass is 32.1. The molecule has 0 unspecified atom stereocenters. The van der Waals surface area contributed by atoms with E-state index < -0.39 is 0 Å². The maximum atomic E-state index is 9.37. The number of hydrogen-bond donors (Lipinski definition) is 0. The summed E-state index contributed by atoms with van der Waals surface area (Å²) >= 11 is 1.80. The predicted molar refractivity (Wildman–Crippen MR) is 123 cm³/mol. The lowest BCUT2D eigenvalue weighted by Gasteiger charge is -2.08. The SMILES string of the molecule is N#Cc1ccc2c(c1)c1cc(C#N)ccc1n2-c1ccc2c(c1)sc1ccccc12. The van der Waals surface area contributed by atoms with Crippen molar-refractivity contribution in [3.05, 3.63) is 90.0 Å². The van der Waals surface area contributed by atoms with E-state index in [-0.39, 0.29) is 0 Å². The lowest BCUT2D eigenvalue weighted by atomic mass is 10.1. The van der Waals surface area contributed by atoms with Crippen molar-refractivity contribution in [2.24, 2.45) is 0 Å². The summed E-state index contributed by atoms with van der Waals surface area (Å²) in [5.41, 5.74) is 4.36. The quantitative estimate of drug-likeness (QED) is 0.302. The Morgan fingerprint density at radius 2 is 1.23 bits per heavy atom. The molecule has 0 spiro atoms. The zero-order chi connectivity index (χ0) is 20.2. The molecule has 0 bridgehead atoms. The maximum absolute atomic E-state index is 9.37. The van der Waals surface area contributed by atoms with E-state index in [4.69, 9.17) is 0 Å². The predicted octanol–water partition coefficient (Wildman–Crippen LogP) is 6.89. The van der Waals surface area contributed by atoms with Crippen molar-refractivity contribution >= 4 is 53.3 Å². The van der Waals surface area contributed by atoms with Crippen molar-refractivity contribution in [3.63, 3.8) is 0 Å². The summed E-state index contributed by atoms with van der Waals surface area (Å²) in [5.74, 6) is 0. The molecule has 0 aliphatic carbocycles. The zero-order valence-electron chi connectivity index (χ0n) is 15.8. The van der Waals surface area contributed by atoms with E-state index in [1.54, 1.807) is 11.3 Å². The molecule has 2 heterocycles. The number of nitrogens with zero attached hydrogens (tertiary/aromatic N) is 3. The van der Waals surface area contributed by atoms with E-state index in [1.807, 2.05) is 36.4 Å². The van der Waals surface area contributed by atoms with Crippen LogP contribution in [0, 0.1) is 22.7 Å². The molecule has 0 saturated carbocycles. The van der Waals surface area contributed by atoms with Gasteiger partial charge in [-0.05, 0) is 54.6 Å². The molecule has 0 radical (unpaired) electrons. The Bertz CT molecular complexity index is 1650. The van der Waals surface area contributed by atoms with Crippen LogP contribution in [0.25, 0.3) is 47.7 Å². The molecule has 0 fully saturated rings. The van der Waals surface area contributed by atoms with Crippen LogP contribution in [0.5, 0.6) is 0 Å². The smallest absolute Gasteiger partial charge is 0.0991 e. The normalized spacial score (nSPS) is 11.3. The van der Waals surface area contributed by atoms with E-state index in [9.17, 15) is 10.5 Å². The van der Waals surface area contributed by atoms with Gasteiger partial charge in [0.25, 0.3) is 0 Å². The van der Waals surface area contributed by atoms with Crippen LogP contribution in [0.1, 0.15) is 11.1 Å². The van der Waals surface area contributed by atoms with E-state index in [0.717, 1.165) is 27.5 Å². The number of rotatable bonds is 1. The van der Waals surface area contributed by atoms with Crippen LogP contribution in [0.4, 0.5) is 0 Å². The molecule has 4 heteroatoms. The van der Waals surface area contributed by atoms with Crippen molar-refractivity contribution < 1.29 is 0 Å². The second-order valence-electron chi connectivity index (χ2n) is 7.30. The van der Waals surface area contributed by atoms with Gasteiger partial charge in [-0.1, -0.05) is 24.3 Å². The van der Waals surface area contributed by atoms with Gasteiger partial charge in [-0.3, -0.25) is 0 Å². The fraction of sp³-hybridized carbons (Fsp3) is 0. The van der Waals surface area contributed by atoms with Crippen molar-refractivity contribution in [1.29, 1.82) is 10.5 Å². The maximum Gasteiger partial charge on any atom is 0.0991 e. The Balaban J connectivity index is 1.71. The van der Waals surface area contributed by atoms with Gasteiger partial charge in [0.15, 0.2) is 0 Å². The second-order valence-corrected chi connectivity index (χ2v) is 8.39. The van der Waals surface area contributed by atoms with Crippen LogP contribution in [-0.2, 0) is 0 Å². The molecule has 30 heavy (non-hydrogen) atoms. The van der Waals surface area contributed by atoms with E-state index in [0.29, 0.717) is 11.1 Å². The molecular formula is C26H13N3S.